The zero-order valence-electron chi connectivity index (χ0n) is 35.5. The highest BCUT2D eigenvalue weighted by Gasteiger charge is 2.45. The van der Waals surface area contributed by atoms with E-state index >= 15 is 0 Å². The van der Waals surface area contributed by atoms with E-state index in [0.717, 1.165) is 23.4 Å². The van der Waals surface area contributed by atoms with Gasteiger partial charge in [0.2, 0.25) is 17.6 Å². The van der Waals surface area contributed by atoms with E-state index in [1.165, 1.54) is 18.2 Å². The summed E-state index contributed by atoms with van der Waals surface area (Å²) in [5.41, 5.74) is 2.16. The minimum absolute atomic E-state index is 0.00657. The largest absolute Gasteiger partial charge is 0.444 e. The fraction of sp³-hybridized carbons (Fsp3) is 0.636. The molecule has 0 aliphatic carbocycles. The molecule has 1 fully saturated rings. The van der Waals surface area contributed by atoms with Gasteiger partial charge in [0, 0.05) is 69.9 Å². The first-order valence-electron chi connectivity index (χ1n) is 21.2. The molecule has 2 aromatic rings. The van der Waals surface area contributed by atoms with Crippen LogP contribution in [-0.2, 0) is 57.7 Å². The quantitative estimate of drug-likeness (QED) is 0.114. The van der Waals surface area contributed by atoms with Gasteiger partial charge in [-0.1, -0.05) is 65.3 Å². The number of rotatable bonds is 23. The SMILES string of the molecule is CCCC(CC(=O)[C@@H]1C[C@@H](OC(=O)N2CCc3ccccc3C2)CN1C(=O)[C@@H](NC(=O)[C@H](CC(=O)CCCCc1ncn[nH]1)C(C)C)C(C)C)C(=O)C(=O)CCC(C)=O. The minimum atomic E-state index is -1.10. The molecule has 1 saturated heterocycles. The standard InChI is InChI=1S/C44H62N6O9/c1-7-12-31(41(55)37(53)18-17-29(6)51)21-38(54)36-23-34(59-44(58)49-20-19-30-13-8-9-14-32(30)24-49)25-50(36)43(57)40(28(4)5)47-42(56)35(27(2)3)22-33(52)15-10-11-16-39-45-26-46-48-39/h8-9,13-14,26-28,31,34-36,40H,7,10-12,15-25H2,1-6H3,(H,47,56)(H,45,46,48)/t31?,34-,35-,36+,40+/m1/s1. The van der Waals surface area contributed by atoms with Gasteiger partial charge in [-0.3, -0.25) is 33.9 Å². The number of ketones is 5. The molecule has 0 radical (unpaired) electrons. The molecule has 2 aliphatic rings. The number of aryl methyl sites for hydroxylation is 1. The number of hydrogen-bond acceptors (Lipinski definition) is 11. The molecule has 2 aliphatic heterocycles. The number of nitrogens with one attached hydrogen (secondary N) is 2. The lowest BCUT2D eigenvalue weighted by Gasteiger charge is -2.32. The molecular formula is C44H62N6O9. The number of hydrogen-bond donors (Lipinski definition) is 2. The Morgan fingerprint density at radius 1 is 0.932 bits per heavy atom. The minimum Gasteiger partial charge on any atom is -0.444 e. The van der Waals surface area contributed by atoms with E-state index in [0.29, 0.717) is 45.2 Å². The zero-order chi connectivity index (χ0) is 43.2. The molecular weight excluding hydrogens is 757 g/mol. The summed E-state index contributed by atoms with van der Waals surface area (Å²) < 4.78 is 5.97. The Kier molecular flexibility index (Phi) is 17.6. The van der Waals surface area contributed by atoms with Crippen LogP contribution in [0, 0.1) is 23.7 Å². The highest BCUT2D eigenvalue weighted by molar-refractivity contribution is 6.38. The van der Waals surface area contributed by atoms with Crippen molar-refractivity contribution >= 4 is 46.8 Å². The first-order valence-corrected chi connectivity index (χ1v) is 21.2. The van der Waals surface area contributed by atoms with Crippen LogP contribution in [0.4, 0.5) is 4.79 Å². The number of amides is 3. The number of aromatic nitrogens is 3. The van der Waals surface area contributed by atoms with Gasteiger partial charge in [-0.2, -0.15) is 5.10 Å². The number of benzene rings is 1. The Morgan fingerprint density at radius 3 is 2.31 bits per heavy atom. The molecule has 1 aromatic carbocycles. The van der Waals surface area contributed by atoms with E-state index < -0.39 is 71.2 Å². The molecule has 1 aromatic heterocycles. The van der Waals surface area contributed by atoms with Gasteiger partial charge < -0.3 is 24.6 Å². The normalized spacial score (nSPS) is 17.9. The van der Waals surface area contributed by atoms with Crippen LogP contribution in [0.5, 0.6) is 0 Å². The average molecular weight is 819 g/mol. The lowest BCUT2D eigenvalue weighted by atomic mass is 9.87. The lowest BCUT2D eigenvalue weighted by molar-refractivity contribution is -0.144. The monoisotopic (exact) mass is 818 g/mol. The number of aromatic amines is 1. The number of nitrogens with zero attached hydrogens (tertiary/aromatic N) is 4. The van der Waals surface area contributed by atoms with Crippen LogP contribution in [0.1, 0.15) is 123 Å². The summed E-state index contributed by atoms with van der Waals surface area (Å²) in [5, 5.41) is 9.54. The van der Waals surface area contributed by atoms with Gasteiger partial charge in [0.15, 0.2) is 11.6 Å². The van der Waals surface area contributed by atoms with Crippen LogP contribution >= 0.6 is 0 Å². The van der Waals surface area contributed by atoms with Crippen molar-refractivity contribution in [2.24, 2.45) is 23.7 Å². The molecule has 15 heteroatoms. The van der Waals surface area contributed by atoms with Gasteiger partial charge in [0.05, 0.1) is 12.6 Å². The van der Waals surface area contributed by atoms with Crippen LogP contribution < -0.4 is 5.32 Å². The summed E-state index contributed by atoms with van der Waals surface area (Å²) in [7, 11) is 0. The maximum Gasteiger partial charge on any atom is 0.410 e. The third-order valence-corrected chi connectivity index (χ3v) is 11.4. The van der Waals surface area contributed by atoms with Crippen LogP contribution in [0.25, 0.3) is 0 Å². The summed E-state index contributed by atoms with van der Waals surface area (Å²) in [6.45, 7) is 11.1. The van der Waals surface area contributed by atoms with Crippen molar-refractivity contribution in [2.75, 3.05) is 13.1 Å². The second-order valence-electron chi connectivity index (χ2n) is 16.8. The van der Waals surface area contributed by atoms with E-state index in [1.807, 2.05) is 45.0 Å². The van der Waals surface area contributed by atoms with Gasteiger partial charge in [0.1, 0.15) is 35.9 Å². The van der Waals surface area contributed by atoms with E-state index in [-0.39, 0.29) is 62.6 Å². The highest BCUT2D eigenvalue weighted by atomic mass is 16.6. The maximum atomic E-state index is 14.6. The molecule has 5 atom stereocenters. The topological polar surface area (TPSA) is 206 Å². The Balaban J connectivity index is 1.50. The molecule has 2 N–H and O–H groups in total. The predicted octanol–water partition coefficient (Wildman–Crippen LogP) is 4.94. The average Bonchev–Trinajstić information content (AvgIpc) is 3.89. The van der Waals surface area contributed by atoms with E-state index in [2.05, 4.69) is 20.5 Å². The van der Waals surface area contributed by atoms with Crippen LogP contribution in [-0.4, -0.2) is 103 Å². The van der Waals surface area contributed by atoms with Crippen molar-refractivity contribution < 1.29 is 43.1 Å². The van der Waals surface area contributed by atoms with Crippen molar-refractivity contribution in [1.29, 1.82) is 0 Å². The number of likely N-dealkylation sites (tertiary alicyclic amines) is 1. The molecule has 3 heterocycles. The van der Waals surface area contributed by atoms with Gasteiger partial charge in [-0.25, -0.2) is 9.78 Å². The number of ether oxygens (including phenoxy) is 1. The van der Waals surface area contributed by atoms with Crippen molar-refractivity contribution in [3.63, 3.8) is 0 Å². The molecule has 59 heavy (non-hydrogen) atoms. The molecule has 15 nitrogen and oxygen atoms in total. The Hall–Kier alpha value is -5.08. The summed E-state index contributed by atoms with van der Waals surface area (Å²) in [6.07, 6.45) is 3.08. The number of H-pyrrole nitrogens is 1. The number of Topliss-reactive ketones (excluding diaryl/α,β-unsaturated/α-hetero) is 5. The van der Waals surface area contributed by atoms with Crippen molar-refractivity contribution in [1.82, 2.24) is 30.3 Å². The van der Waals surface area contributed by atoms with Gasteiger partial charge in [-0.05, 0) is 55.6 Å². The Morgan fingerprint density at radius 2 is 1.66 bits per heavy atom. The molecule has 322 valence electrons. The summed E-state index contributed by atoms with van der Waals surface area (Å²) in [6, 6.07) is 5.67. The lowest BCUT2D eigenvalue weighted by Crippen LogP contribution is -2.55. The molecule has 4 rings (SSSR count). The van der Waals surface area contributed by atoms with Gasteiger partial charge in [0.25, 0.3) is 0 Å². The highest BCUT2D eigenvalue weighted by Crippen LogP contribution is 2.29. The molecule has 3 amide bonds. The zero-order valence-corrected chi connectivity index (χ0v) is 35.5. The van der Waals surface area contributed by atoms with Crippen LogP contribution in [0.15, 0.2) is 30.6 Å². The van der Waals surface area contributed by atoms with Gasteiger partial charge >= 0.3 is 6.09 Å². The van der Waals surface area contributed by atoms with Crippen molar-refractivity contribution in [2.45, 2.75) is 143 Å². The number of carbonyl (C=O) groups excluding carboxylic acids is 8. The predicted molar refractivity (Wildman–Crippen MR) is 218 cm³/mol. The Labute approximate surface area is 347 Å². The van der Waals surface area contributed by atoms with E-state index in [1.54, 1.807) is 18.7 Å². The van der Waals surface area contributed by atoms with Crippen molar-refractivity contribution in [3.8, 4) is 0 Å². The fourth-order valence-corrected chi connectivity index (χ4v) is 7.89. The molecule has 0 spiro atoms. The summed E-state index contributed by atoms with van der Waals surface area (Å²) in [5.74, 6) is -4.72. The maximum absolute atomic E-state index is 14.6. The summed E-state index contributed by atoms with van der Waals surface area (Å²) in [4.78, 5) is 114. The Bertz CT molecular complexity index is 1810. The number of unbranched alkanes of at least 4 members (excludes halogenated alkanes) is 1. The first-order chi connectivity index (χ1) is 28.1. The summed E-state index contributed by atoms with van der Waals surface area (Å²) >= 11 is 0. The molecule has 0 saturated carbocycles. The third-order valence-electron chi connectivity index (χ3n) is 11.4. The second kappa shape index (κ2) is 22.3. The second-order valence-corrected chi connectivity index (χ2v) is 16.8. The van der Waals surface area contributed by atoms with Crippen LogP contribution in [0.2, 0.25) is 0 Å². The molecule has 1 unspecified atom stereocenters. The van der Waals surface area contributed by atoms with Crippen molar-refractivity contribution in [3.05, 3.63) is 47.5 Å². The van der Waals surface area contributed by atoms with Gasteiger partial charge in [-0.15, -0.1) is 0 Å². The van der Waals surface area contributed by atoms with E-state index in [9.17, 15) is 38.4 Å². The molecule has 0 bridgehead atoms. The first kappa shape index (κ1) is 46.6. The number of carbonyl (C=O) groups is 8. The third kappa shape index (κ3) is 13.5. The van der Waals surface area contributed by atoms with Crippen LogP contribution in [0.3, 0.4) is 0 Å². The fourth-order valence-electron chi connectivity index (χ4n) is 7.89. The smallest absolute Gasteiger partial charge is 0.410 e. The van der Waals surface area contributed by atoms with E-state index in [4.69, 9.17) is 4.74 Å². The number of fused-ring (bicyclic) bond motifs is 1.